The number of likely N-dealkylation sites (N-methyl/N-ethyl adjacent to an activating group) is 1. The molecule has 2 rings (SSSR count). The Hall–Kier alpha value is -2.11. The van der Waals surface area contributed by atoms with E-state index in [-0.39, 0.29) is 11.8 Å². The molecule has 120 valence electrons. The largest absolute Gasteiger partial charge is 0.481 e. The van der Waals surface area contributed by atoms with E-state index in [2.05, 4.69) is 15.6 Å². The summed E-state index contributed by atoms with van der Waals surface area (Å²) < 4.78 is 4.98. The highest BCUT2D eigenvalue weighted by atomic mass is 16.5. The third kappa shape index (κ3) is 3.55. The van der Waals surface area contributed by atoms with Crippen LogP contribution < -0.4 is 15.4 Å². The monoisotopic (exact) mass is 305 g/mol. The van der Waals surface area contributed by atoms with Gasteiger partial charge in [-0.05, 0) is 25.8 Å². The van der Waals surface area contributed by atoms with Crippen LogP contribution in [-0.2, 0) is 4.79 Å². The smallest absolute Gasteiger partial charge is 0.253 e. The van der Waals surface area contributed by atoms with Gasteiger partial charge >= 0.3 is 0 Å². The number of rotatable bonds is 5. The van der Waals surface area contributed by atoms with Crippen molar-refractivity contribution in [2.75, 3.05) is 13.7 Å². The maximum absolute atomic E-state index is 12.5. The SMILES string of the molecule is CCNC(=O)C1(NC(=O)c2ccc(OC)nc2)CCCCC1. The molecule has 1 aliphatic rings. The number of hydrogen-bond acceptors (Lipinski definition) is 4. The van der Waals surface area contributed by atoms with Crippen LogP contribution in [0.2, 0.25) is 0 Å². The van der Waals surface area contributed by atoms with E-state index in [1.54, 1.807) is 12.1 Å². The van der Waals surface area contributed by atoms with E-state index in [9.17, 15) is 9.59 Å². The van der Waals surface area contributed by atoms with Gasteiger partial charge in [-0.15, -0.1) is 0 Å². The molecule has 1 aromatic rings. The first-order chi connectivity index (χ1) is 10.6. The summed E-state index contributed by atoms with van der Waals surface area (Å²) in [5.41, 5.74) is -0.374. The predicted octanol–water partition coefficient (Wildman–Crippen LogP) is 1.66. The van der Waals surface area contributed by atoms with E-state index in [4.69, 9.17) is 4.74 Å². The quantitative estimate of drug-likeness (QED) is 0.867. The van der Waals surface area contributed by atoms with Gasteiger partial charge in [0.15, 0.2) is 0 Å². The number of nitrogens with one attached hydrogen (secondary N) is 2. The van der Waals surface area contributed by atoms with Gasteiger partial charge in [-0.2, -0.15) is 0 Å². The van der Waals surface area contributed by atoms with Gasteiger partial charge in [0, 0.05) is 18.8 Å². The van der Waals surface area contributed by atoms with E-state index >= 15 is 0 Å². The molecule has 6 nitrogen and oxygen atoms in total. The van der Waals surface area contributed by atoms with E-state index < -0.39 is 5.54 Å². The zero-order chi connectivity index (χ0) is 16.0. The number of hydrogen-bond donors (Lipinski definition) is 2. The molecule has 1 aliphatic carbocycles. The normalized spacial score (nSPS) is 16.6. The summed E-state index contributed by atoms with van der Waals surface area (Å²) in [7, 11) is 1.52. The lowest BCUT2D eigenvalue weighted by Gasteiger charge is -2.36. The lowest BCUT2D eigenvalue weighted by molar-refractivity contribution is -0.128. The summed E-state index contributed by atoms with van der Waals surface area (Å²) in [5, 5.41) is 5.78. The van der Waals surface area contributed by atoms with Crippen molar-refractivity contribution in [2.45, 2.75) is 44.6 Å². The Bertz CT molecular complexity index is 522. The summed E-state index contributed by atoms with van der Waals surface area (Å²) >= 11 is 0. The van der Waals surface area contributed by atoms with E-state index in [1.165, 1.54) is 13.3 Å². The van der Waals surface area contributed by atoms with E-state index in [1.807, 2.05) is 6.92 Å². The summed E-state index contributed by atoms with van der Waals surface area (Å²) in [6.07, 6.45) is 5.79. The topological polar surface area (TPSA) is 80.3 Å². The molecule has 0 saturated heterocycles. The van der Waals surface area contributed by atoms with Crippen LogP contribution in [0, 0.1) is 0 Å². The number of ether oxygens (including phenoxy) is 1. The van der Waals surface area contributed by atoms with Crippen LogP contribution in [0.1, 0.15) is 49.4 Å². The average molecular weight is 305 g/mol. The highest BCUT2D eigenvalue weighted by Gasteiger charge is 2.40. The zero-order valence-corrected chi connectivity index (χ0v) is 13.1. The molecule has 0 spiro atoms. The maximum Gasteiger partial charge on any atom is 0.253 e. The minimum Gasteiger partial charge on any atom is -0.481 e. The number of nitrogens with zero attached hydrogens (tertiary/aromatic N) is 1. The maximum atomic E-state index is 12.5. The molecule has 22 heavy (non-hydrogen) atoms. The molecule has 2 N–H and O–H groups in total. The minimum absolute atomic E-state index is 0.0930. The fourth-order valence-electron chi connectivity index (χ4n) is 2.82. The van der Waals surface area contributed by atoms with Crippen molar-refractivity contribution in [1.82, 2.24) is 15.6 Å². The second-order valence-corrected chi connectivity index (χ2v) is 5.55. The first-order valence-corrected chi connectivity index (χ1v) is 7.72. The van der Waals surface area contributed by atoms with Crippen LogP contribution in [0.25, 0.3) is 0 Å². The molecule has 0 radical (unpaired) electrons. The Kier molecular flexibility index (Phi) is 5.35. The Labute approximate surface area is 130 Å². The van der Waals surface area contributed by atoms with E-state index in [0.717, 1.165) is 19.3 Å². The molecule has 0 aromatic carbocycles. The van der Waals surface area contributed by atoms with Gasteiger partial charge < -0.3 is 15.4 Å². The number of carbonyl (C=O) groups excluding carboxylic acids is 2. The molecule has 6 heteroatoms. The number of pyridine rings is 1. The second kappa shape index (κ2) is 7.24. The highest BCUT2D eigenvalue weighted by molar-refractivity contribution is 5.99. The van der Waals surface area contributed by atoms with Crippen LogP contribution in [0.15, 0.2) is 18.3 Å². The summed E-state index contributed by atoms with van der Waals surface area (Å²) in [6, 6.07) is 3.28. The van der Waals surface area contributed by atoms with Crippen molar-refractivity contribution in [3.05, 3.63) is 23.9 Å². The van der Waals surface area contributed by atoms with Crippen molar-refractivity contribution in [3.8, 4) is 5.88 Å². The summed E-state index contributed by atoms with van der Waals surface area (Å²) in [6.45, 7) is 2.43. The fourth-order valence-corrected chi connectivity index (χ4v) is 2.82. The fraction of sp³-hybridized carbons (Fsp3) is 0.562. The van der Waals surface area contributed by atoms with Gasteiger partial charge in [-0.1, -0.05) is 19.3 Å². The summed E-state index contributed by atoms with van der Waals surface area (Å²) in [5.74, 6) is 0.0838. The lowest BCUT2D eigenvalue weighted by atomic mass is 9.80. The molecular formula is C16H23N3O3. The number of amides is 2. The van der Waals surface area contributed by atoms with Crippen LogP contribution in [0.4, 0.5) is 0 Å². The van der Waals surface area contributed by atoms with Crippen molar-refractivity contribution < 1.29 is 14.3 Å². The van der Waals surface area contributed by atoms with Crippen molar-refractivity contribution in [1.29, 1.82) is 0 Å². The average Bonchev–Trinajstić information content (AvgIpc) is 2.56. The molecule has 1 saturated carbocycles. The second-order valence-electron chi connectivity index (χ2n) is 5.55. The lowest BCUT2D eigenvalue weighted by Crippen LogP contribution is -2.59. The molecule has 2 amide bonds. The van der Waals surface area contributed by atoms with Crippen LogP contribution in [0.5, 0.6) is 5.88 Å². The molecule has 0 atom stereocenters. The zero-order valence-electron chi connectivity index (χ0n) is 13.1. The Morgan fingerprint density at radius 1 is 1.27 bits per heavy atom. The molecule has 1 heterocycles. The van der Waals surface area contributed by atoms with Gasteiger partial charge in [0.1, 0.15) is 5.54 Å². The molecular weight excluding hydrogens is 282 g/mol. The van der Waals surface area contributed by atoms with Gasteiger partial charge in [0.2, 0.25) is 11.8 Å². The van der Waals surface area contributed by atoms with Gasteiger partial charge in [0.25, 0.3) is 5.91 Å². The minimum atomic E-state index is -0.800. The van der Waals surface area contributed by atoms with Gasteiger partial charge in [-0.25, -0.2) is 4.98 Å². The third-order valence-electron chi connectivity index (χ3n) is 4.04. The number of carbonyl (C=O) groups is 2. The standard InChI is InChI=1S/C16H23N3O3/c1-3-17-15(21)16(9-5-4-6-10-16)19-14(20)12-7-8-13(22-2)18-11-12/h7-8,11H,3-6,9-10H2,1-2H3,(H,17,21)(H,19,20). The predicted molar refractivity (Wildman–Crippen MR) is 82.8 cm³/mol. The van der Waals surface area contributed by atoms with Crippen molar-refractivity contribution >= 4 is 11.8 Å². The Morgan fingerprint density at radius 3 is 2.55 bits per heavy atom. The first kappa shape index (κ1) is 16.3. The van der Waals surface area contributed by atoms with Gasteiger partial charge in [-0.3, -0.25) is 9.59 Å². The highest BCUT2D eigenvalue weighted by Crippen LogP contribution is 2.29. The van der Waals surface area contributed by atoms with Crippen LogP contribution in [0.3, 0.4) is 0 Å². The molecule has 1 fully saturated rings. The third-order valence-corrected chi connectivity index (χ3v) is 4.04. The summed E-state index contributed by atoms with van der Waals surface area (Å²) in [4.78, 5) is 28.9. The van der Waals surface area contributed by atoms with Crippen molar-refractivity contribution in [3.63, 3.8) is 0 Å². The molecule has 0 bridgehead atoms. The van der Waals surface area contributed by atoms with E-state index in [0.29, 0.717) is 30.8 Å². The van der Waals surface area contributed by atoms with Gasteiger partial charge in [0.05, 0.1) is 12.7 Å². The van der Waals surface area contributed by atoms with Crippen LogP contribution >= 0.6 is 0 Å². The van der Waals surface area contributed by atoms with Crippen LogP contribution in [-0.4, -0.2) is 36.0 Å². The Morgan fingerprint density at radius 2 is 2.00 bits per heavy atom. The first-order valence-electron chi connectivity index (χ1n) is 7.72. The number of methoxy groups -OCH3 is 1. The Balaban J connectivity index is 2.14. The molecule has 0 unspecified atom stereocenters. The molecule has 1 aromatic heterocycles. The van der Waals surface area contributed by atoms with Crippen molar-refractivity contribution in [2.24, 2.45) is 0 Å². The number of aromatic nitrogens is 1. The molecule has 0 aliphatic heterocycles.